The van der Waals surface area contributed by atoms with Gasteiger partial charge < -0.3 is 22.3 Å². The first-order valence-electron chi connectivity index (χ1n) is 7.67. The monoisotopic (exact) mass is 403 g/mol. The van der Waals surface area contributed by atoms with Crippen molar-refractivity contribution in [2.75, 3.05) is 11.9 Å². The van der Waals surface area contributed by atoms with Gasteiger partial charge in [-0.1, -0.05) is 35.1 Å². The number of anilines is 1. The molecule has 0 radical (unpaired) electrons. The van der Waals surface area contributed by atoms with E-state index in [0.29, 0.717) is 0 Å². The fraction of sp³-hybridized carbons (Fsp3) is 0.263. The lowest BCUT2D eigenvalue weighted by Crippen LogP contribution is -3.00. The zero-order valence-electron chi connectivity index (χ0n) is 14.2. The second kappa shape index (κ2) is 7.45. The molecule has 0 atom stereocenters. The van der Waals surface area contributed by atoms with Gasteiger partial charge in [0.2, 0.25) is 0 Å². The summed E-state index contributed by atoms with van der Waals surface area (Å²) < 4.78 is 1.15. The first kappa shape index (κ1) is 18.6. The molecule has 5 heteroatoms. The molecule has 0 fully saturated rings. The highest BCUT2D eigenvalue weighted by molar-refractivity contribution is 7.22. The molecule has 0 saturated carbocycles. The number of ketones is 1. The van der Waals surface area contributed by atoms with Gasteiger partial charge in [0.25, 0.3) is 0 Å². The number of Topliss-reactive ketones (excluding diaryl/α,β-unsaturated/α-hetero) is 1. The van der Waals surface area contributed by atoms with Crippen molar-refractivity contribution in [3.8, 4) is 0 Å². The van der Waals surface area contributed by atoms with Crippen LogP contribution >= 0.6 is 11.3 Å². The van der Waals surface area contributed by atoms with Crippen LogP contribution in [0.4, 0.5) is 5.13 Å². The van der Waals surface area contributed by atoms with Crippen molar-refractivity contribution in [3.05, 3.63) is 58.1 Å². The Morgan fingerprint density at radius 1 is 1.08 bits per heavy atom. The van der Waals surface area contributed by atoms with Crippen LogP contribution in [0.5, 0.6) is 0 Å². The van der Waals surface area contributed by atoms with Crippen molar-refractivity contribution < 1.29 is 21.8 Å². The molecule has 24 heavy (non-hydrogen) atoms. The summed E-state index contributed by atoms with van der Waals surface area (Å²) in [5, 5.41) is 3.98. The van der Waals surface area contributed by atoms with E-state index >= 15 is 0 Å². The van der Waals surface area contributed by atoms with Crippen LogP contribution in [0.25, 0.3) is 10.2 Å². The van der Waals surface area contributed by atoms with Crippen molar-refractivity contribution in [2.24, 2.45) is 0 Å². The molecule has 3 rings (SSSR count). The van der Waals surface area contributed by atoms with E-state index in [0.717, 1.165) is 32.0 Å². The van der Waals surface area contributed by atoms with Crippen LogP contribution in [0.3, 0.4) is 0 Å². The van der Waals surface area contributed by atoms with Crippen LogP contribution in [0.2, 0.25) is 0 Å². The van der Waals surface area contributed by atoms with Crippen LogP contribution in [0, 0.1) is 27.7 Å². The van der Waals surface area contributed by atoms with Crippen molar-refractivity contribution in [2.45, 2.75) is 27.7 Å². The Kier molecular flexibility index (Phi) is 5.78. The number of aromatic nitrogens is 1. The van der Waals surface area contributed by atoms with Crippen molar-refractivity contribution in [3.63, 3.8) is 0 Å². The summed E-state index contributed by atoms with van der Waals surface area (Å²) in [4.78, 5) is 17.1. The van der Waals surface area contributed by atoms with Gasteiger partial charge in [-0.25, -0.2) is 4.98 Å². The number of carbonyl (C=O) groups is 1. The highest BCUT2D eigenvalue weighted by atomic mass is 79.9. The Morgan fingerprint density at radius 3 is 2.54 bits per heavy atom. The Bertz CT molecular complexity index is 902. The van der Waals surface area contributed by atoms with Crippen LogP contribution in [-0.2, 0) is 0 Å². The van der Waals surface area contributed by atoms with Crippen LogP contribution < -0.4 is 22.3 Å². The van der Waals surface area contributed by atoms with E-state index in [1.807, 2.05) is 32.0 Å². The molecular weight excluding hydrogens is 384 g/mol. The highest BCUT2D eigenvalue weighted by Crippen LogP contribution is 2.29. The summed E-state index contributed by atoms with van der Waals surface area (Å²) >= 11 is 1.59. The number of hydrogen-bond donors (Lipinski definition) is 1. The second-order valence-corrected chi connectivity index (χ2v) is 7.00. The quantitative estimate of drug-likeness (QED) is 0.675. The van der Waals surface area contributed by atoms with E-state index < -0.39 is 0 Å². The van der Waals surface area contributed by atoms with E-state index in [2.05, 4.69) is 36.3 Å². The number of thiazole rings is 1. The smallest absolute Gasteiger partial charge is 0.184 e. The lowest BCUT2D eigenvalue weighted by Gasteiger charge is -2.06. The van der Waals surface area contributed by atoms with Crippen molar-refractivity contribution >= 4 is 32.5 Å². The zero-order valence-corrected chi connectivity index (χ0v) is 16.6. The third kappa shape index (κ3) is 3.68. The first-order chi connectivity index (χ1) is 11.0. The molecular formula is C19H20BrN2OS-. The number of nitrogens with one attached hydrogen (secondary N) is 1. The summed E-state index contributed by atoms with van der Waals surface area (Å²) in [7, 11) is 0. The normalized spacial score (nSPS) is 10.5. The fourth-order valence-corrected chi connectivity index (χ4v) is 3.51. The van der Waals surface area contributed by atoms with Crippen molar-refractivity contribution in [1.82, 2.24) is 4.98 Å². The number of halogens is 1. The number of carbonyl (C=O) groups excluding carboxylic acids is 1. The zero-order chi connectivity index (χ0) is 16.6. The standard InChI is InChI=1S/C19H20N2OS.BrH/c1-11-5-6-13(3)15(9-11)16(22)10-20-19-21-18-14(4)12(2)7-8-17(18)23-19;/h5-9H,10H2,1-4H3,(H,20,21);1H/p-1. The largest absolute Gasteiger partial charge is 1.00 e. The molecule has 2 aromatic carbocycles. The predicted octanol–water partition coefficient (Wildman–Crippen LogP) is 1.83. The summed E-state index contributed by atoms with van der Waals surface area (Å²) in [5.41, 5.74) is 6.36. The molecule has 0 aliphatic carbocycles. The maximum Gasteiger partial charge on any atom is 0.184 e. The van der Waals surface area contributed by atoms with E-state index in [1.165, 1.54) is 11.1 Å². The van der Waals surface area contributed by atoms with Crippen LogP contribution in [0.1, 0.15) is 32.6 Å². The summed E-state index contributed by atoms with van der Waals surface area (Å²) in [6.07, 6.45) is 0. The third-order valence-electron chi connectivity index (χ3n) is 4.18. The summed E-state index contributed by atoms with van der Waals surface area (Å²) in [5.74, 6) is 0.0957. The average Bonchev–Trinajstić information content (AvgIpc) is 2.95. The summed E-state index contributed by atoms with van der Waals surface area (Å²) in [6.45, 7) is 8.41. The topological polar surface area (TPSA) is 42.0 Å². The molecule has 126 valence electrons. The molecule has 3 aromatic rings. The SMILES string of the molecule is Cc1ccc(C)c(C(=O)CNc2nc3c(C)c(C)ccc3s2)c1.[Br-]. The minimum atomic E-state index is 0. The van der Waals surface area contributed by atoms with Gasteiger partial charge in [-0.15, -0.1) is 0 Å². The molecule has 1 heterocycles. The number of aryl methyl sites for hydroxylation is 4. The molecule has 0 unspecified atom stereocenters. The molecule has 0 amide bonds. The number of nitrogens with zero attached hydrogens (tertiary/aromatic N) is 1. The van der Waals surface area contributed by atoms with Gasteiger partial charge in [-0.3, -0.25) is 4.79 Å². The van der Waals surface area contributed by atoms with E-state index in [1.54, 1.807) is 11.3 Å². The number of rotatable bonds is 4. The minimum absolute atomic E-state index is 0. The third-order valence-corrected chi connectivity index (χ3v) is 5.16. The van der Waals surface area contributed by atoms with Gasteiger partial charge in [0.1, 0.15) is 0 Å². The highest BCUT2D eigenvalue weighted by Gasteiger charge is 2.12. The fourth-order valence-electron chi connectivity index (χ4n) is 2.59. The molecule has 0 aliphatic heterocycles. The van der Waals surface area contributed by atoms with Crippen LogP contribution in [0.15, 0.2) is 30.3 Å². The predicted molar refractivity (Wildman–Crippen MR) is 97.8 cm³/mol. The molecule has 0 bridgehead atoms. The molecule has 0 spiro atoms. The molecule has 0 aliphatic rings. The first-order valence-corrected chi connectivity index (χ1v) is 8.48. The number of hydrogen-bond acceptors (Lipinski definition) is 4. The van der Waals surface area contributed by atoms with Gasteiger partial charge in [0.05, 0.1) is 16.8 Å². The van der Waals surface area contributed by atoms with Crippen molar-refractivity contribution in [1.29, 1.82) is 0 Å². The Balaban J connectivity index is 0.00000208. The maximum atomic E-state index is 12.4. The average molecular weight is 404 g/mol. The number of benzene rings is 2. The Morgan fingerprint density at radius 2 is 1.79 bits per heavy atom. The molecule has 1 N–H and O–H groups in total. The number of fused-ring (bicyclic) bond motifs is 1. The van der Waals surface area contributed by atoms with Gasteiger partial charge >= 0.3 is 0 Å². The Labute approximate surface area is 156 Å². The maximum absolute atomic E-state index is 12.4. The van der Waals surface area contributed by atoms with Crippen LogP contribution in [-0.4, -0.2) is 17.3 Å². The molecule has 3 nitrogen and oxygen atoms in total. The lowest BCUT2D eigenvalue weighted by molar-refractivity contribution is -0.0000126. The molecule has 0 saturated heterocycles. The Hall–Kier alpha value is -1.72. The molecule has 1 aromatic heterocycles. The van der Waals surface area contributed by atoms with E-state index in [-0.39, 0.29) is 29.3 Å². The minimum Gasteiger partial charge on any atom is -1.00 e. The summed E-state index contributed by atoms with van der Waals surface area (Å²) in [6, 6.07) is 10.2. The van der Waals surface area contributed by atoms with E-state index in [4.69, 9.17) is 0 Å². The van der Waals surface area contributed by atoms with Gasteiger partial charge in [0, 0.05) is 5.56 Å². The van der Waals surface area contributed by atoms with Gasteiger partial charge in [-0.2, -0.15) is 0 Å². The lowest BCUT2D eigenvalue weighted by atomic mass is 10.0. The second-order valence-electron chi connectivity index (χ2n) is 5.97. The van der Waals surface area contributed by atoms with E-state index in [9.17, 15) is 4.79 Å². The van der Waals surface area contributed by atoms with Gasteiger partial charge in [-0.05, 0) is 56.5 Å². The van der Waals surface area contributed by atoms with Gasteiger partial charge in [0.15, 0.2) is 10.9 Å².